The van der Waals surface area contributed by atoms with Crippen molar-refractivity contribution in [2.45, 2.75) is 302 Å². The van der Waals surface area contributed by atoms with E-state index in [1.807, 2.05) is 0 Å². The van der Waals surface area contributed by atoms with Gasteiger partial charge in [-0.15, -0.1) is 0 Å². The normalized spacial score (nSPS) is 12.7. The third-order valence-electron chi connectivity index (χ3n) is 13.0. The molecule has 0 aliphatic heterocycles. The zero-order valence-corrected chi connectivity index (χ0v) is 45.1. The lowest BCUT2D eigenvalue weighted by molar-refractivity contribution is -0.161. The fraction of sp³-hybridized carbons (Fsp3) is 0.778. The van der Waals surface area contributed by atoms with Gasteiger partial charge in [0.1, 0.15) is 6.61 Å². The van der Waals surface area contributed by atoms with E-state index in [1.165, 1.54) is 193 Å². The topological polar surface area (TPSA) is 72.8 Å². The van der Waals surface area contributed by atoms with Crippen LogP contribution in [0.3, 0.4) is 0 Å². The summed E-state index contributed by atoms with van der Waals surface area (Å²) in [6.45, 7) is 4.06. The first-order chi connectivity index (χ1) is 33.6. The molecule has 5 heteroatoms. The molecule has 68 heavy (non-hydrogen) atoms. The summed E-state index contributed by atoms with van der Waals surface area (Å²) in [6, 6.07) is 0. The molecule has 5 nitrogen and oxygen atoms in total. The first kappa shape index (κ1) is 65.3. The lowest BCUT2D eigenvalue weighted by Crippen LogP contribution is -2.28. The maximum absolute atomic E-state index is 12.3. The Bertz CT molecular complexity index is 1210. The van der Waals surface area contributed by atoms with Crippen molar-refractivity contribution in [3.63, 3.8) is 0 Å². The second-order valence-electron chi connectivity index (χ2n) is 19.7. The van der Waals surface area contributed by atoms with Crippen molar-refractivity contribution in [1.29, 1.82) is 0 Å². The van der Waals surface area contributed by atoms with Crippen LogP contribution in [0, 0.1) is 0 Å². The van der Waals surface area contributed by atoms with Gasteiger partial charge < -0.3 is 14.6 Å². The number of aliphatic hydroxyl groups excluding tert-OH is 1. The highest BCUT2D eigenvalue weighted by molar-refractivity contribution is 5.70. The van der Waals surface area contributed by atoms with E-state index in [-0.39, 0.29) is 25.2 Å². The molecule has 0 saturated heterocycles. The molecule has 0 saturated carbocycles. The molecule has 0 aliphatic carbocycles. The number of carbonyl (C=O) groups is 2. The first-order valence-electron chi connectivity index (χ1n) is 29.5. The molecule has 0 aliphatic rings. The molecule has 394 valence electrons. The summed E-state index contributed by atoms with van der Waals surface area (Å²) in [7, 11) is 0. The van der Waals surface area contributed by atoms with Crippen LogP contribution in [0.15, 0.2) is 72.9 Å². The molecule has 0 rings (SSSR count). The number of hydrogen-bond acceptors (Lipinski definition) is 5. The molecule has 0 fully saturated rings. The third-order valence-corrected chi connectivity index (χ3v) is 13.0. The molecule has 0 heterocycles. The molecule has 1 N–H and O–H groups in total. The molecule has 0 amide bonds. The monoisotopic (exact) mass is 949 g/mol. The largest absolute Gasteiger partial charge is 0.462 e. The fourth-order valence-corrected chi connectivity index (χ4v) is 8.62. The molecule has 0 radical (unpaired) electrons. The average molecular weight is 950 g/mol. The van der Waals surface area contributed by atoms with Gasteiger partial charge in [0.25, 0.3) is 0 Å². The second kappa shape index (κ2) is 58.7. The molecule has 0 aromatic heterocycles. The maximum atomic E-state index is 12.3. The fourth-order valence-electron chi connectivity index (χ4n) is 8.62. The van der Waals surface area contributed by atoms with Gasteiger partial charge in [-0.3, -0.25) is 9.59 Å². The van der Waals surface area contributed by atoms with Gasteiger partial charge in [0, 0.05) is 12.8 Å². The van der Waals surface area contributed by atoms with E-state index in [0.29, 0.717) is 12.8 Å². The minimum Gasteiger partial charge on any atom is -0.462 e. The van der Waals surface area contributed by atoms with Gasteiger partial charge in [-0.1, -0.05) is 292 Å². The van der Waals surface area contributed by atoms with Crippen LogP contribution in [0.2, 0.25) is 0 Å². The summed E-state index contributed by atoms with van der Waals surface area (Å²) < 4.78 is 10.7. The Hall–Kier alpha value is -2.66. The summed E-state index contributed by atoms with van der Waals surface area (Å²) in [5, 5.41) is 9.66. The van der Waals surface area contributed by atoms with Crippen molar-refractivity contribution < 1.29 is 24.2 Å². The highest BCUT2D eigenvalue weighted by Crippen LogP contribution is 2.17. The molecule has 0 aromatic carbocycles. The molecular weight excluding hydrogens is 837 g/mol. The van der Waals surface area contributed by atoms with E-state index < -0.39 is 6.10 Å². The van der Waals surface area contributed by atoms with Crippen LogP contribution in [0.5, 0.6) is 0 Å². The minimum absolute atomic E-state index is 0.0647. The number of unbranched alkanes of at least 4 members (excludes halogenated alkanes) is 34. The summed E-state index contributed by atoms with van der Waals surface area (Å²) in [5.41, 5.74) is 0. The zero-order chi connectivity index (χ0) is 49.2. The third kappa shape index (κ3) is 55.9. The zero-order valence-electron chi connectivity index (χ0n) is 45.1. The number of esters is 2. The minimum atomic E-state index is -0.775. The predicted molar refractivity (Wildman–Crippen MR) is 297 cm³/mol. The Balaban J connectivity index is 3.48. The van der Waals surface area contributed by atoms with Crippen molar-refractivity contribution in [1.82, 2.24) is 0 Å². The Morgan fingerprint density at radius 3 is 0.956 bits per heavy atom. The van der Waals surface area contributed by atoms with Crippen LogP contribution >= 0.6 is 0 Å². The number of allylic oxidation sites excluding steroid dienone is 12. The van der Waals surface area contributed by atoms with Gasteiger partial charge in [0.05, 0.1) is 6.61 Å². The first-order valence-corrected chi connectivity index (χ1v) is 29.5. The predicted octanol–water partition coefficient (Wildman–Crippen LogP) is 20.0. The molecule has 1 unspecified atom stereocenters. The van der Waals surface area contributed by atoms with Gasteiger partial charge >= 0.3 is 11.9 Å². The van der Waals surface area contributed by atoms with Crippen LogP contribution in [-0.4, -0.2) is 36.4 Å². The van der Waals surface area contributed by atoms with E-state index in [9.17, 15) is 14.7 Å². The van der Waals surface area contributed by atoms with Crippen molar-refractivity contribution in [2.24, 2.45) is 0 Å². The maximum Gasteiger partial charge on any atom is 0.306 e. The molecular formula is C63H112O5. The standard InChI is InChI=1S/C63H112O5/c1-3-5-7-9-11-13-15-17-19-21-23-25-27-28-29-30-31-32-33-34-36-38-40-42-44-46-48-50-52-54-56-58-63(66)68-61(59-64)60-67-62(65)57-55-53-51-49-47-45-43-41-39-37-35-26-24-22-20-18-16-14-12-10-8-6-4-2/h5,7,11,13,17,19,23,25,28-29,31-32,61,64H,3-4,6,8-10,12,14-16,18,20-22,24,26-27,30,33-60H2,1-2H3/b7-5-,13-11-,19-17-,25-23-,29-28-,32-31-. The van der Waals surface area contributed by atoms with Crippen LogP contribution in [0.25, 0.3) is 0 Å². The summed E-state index contributed by atoms with van der Waals surface area (Å²) in [5.74, 6) is -0.581. The van der Waals surface area contributed by atoms with Crippen LogP contribution in [-0.2, 0) is 19.1 Å². The second-order valence-corrected chi connectivity index (χ2v) is 19.7. The van der Waals surface area contributed by atoms with Crippen molar-refractivity contribution >= 4 is 11.9 Å². The molecule has 0 bridgehead atoms. The van der Waals surface area contributed by atoms with Gasteiger partial charge in [-0.2, -0.15) is 0 Å². The van der Waals surface area contributed by atoms with Gasteiger partial charge in [-0.05, 0) is 64.2 Å². The van der Waals surface area contributed by atoms with E-state index >= 15 is 0 Å². The summed E-state index contributed by atoms with van der Waals surface area (Å²) in [4.78, 5) is 24.6. The van der Waals surface area contributed by atoms with E-state index in [2.05, 4.69) is 86.8 Å². The van der Waals surface area contributed by atoms with Gasteiger partial charge in [0.15, 0.2) is 6.10 Å². The Labute approximate surface area is 423 Å². The lowest BCUT2D eigenvalue weighted by atomic mass is 10.0. The van der Waals surface area contributed by atoms with Gasteiger partial charge in [-0.25, -0.2) is 0 Å². The average Bonchev–Trinajstić information content (AvgIpc) is 3.34. The van der Waals surface area contributed by atoms with Crippen LogP contribution < -0.4 is 0 Å². The van der Waals surface area contributed by atoms with Crippen molar-refractivity contribution in [2.75, 3.05) is 13.2 Å². The highest BCUT2D eigenvalue weighted by atomic mass is 16.6. The smallest absolute Gasteiger partial charge is 0.306 e. The van der Waals surface area contributed by atoms with Crippen molar-refractivity contribution in [3.8, 4) is 0 Å². The van der Waals surface area contributed by atoms with Crippen LogP contribution in [0.1, 0.15) is 296 Å². The number of aliphatic hydroxyl groups is 1. The molecule has 1 atom stereocenters. The Morgan fingerprint density at radius 2 is 0.632 bits per heavy atom. The SMILES string of the molecule is CC/C=C\C/C=C\C/C=C\C/C=C\C/C=C\C/C=C\CCCCCCCCCCCCCCC(=O)OC(CO)COC(=O)CCCCCCCCCCCCCCCCCCCCCCCCC. The number of ether oxygens (including phenoxy) is 2. The molecule has 0 aromatic rings. The van der Waals surface area contributed by atoms with E-state index in [0.717, 1.165) is 77.0 Å². The van der Waals surface area contributed by atoms with Crippen LogP contribution in [0.4, 0.5) is 0 Å². The number of carbonyl (C=O) groups excluding carboxylic acids is 2. The Kier molecular flexibility index (Phi) is 56.4. The van der Waals surface area contributed by atoms with Gasteiger partial charge in [0.2, 0.25) is 0 Å². The summed E-state index contributed by atoms with van der Waals surface area (Å²) in [6.07, 6.45) is 80.2. The highest BCUT2D eigenvalue weighted by Gasteiger charge is 2.16. The van der Waals surface area contributed by atoms with Crippen molar-refractivity contribution in [3.05, 3.63) is 72.9 Å². The number of hydrogen-bond donors (Lipinski definition) is 1. The van der Waals surface area contributed by atoms with E-state index in [4.69, 9.17) is 9.47 Å². The number of rotatable bonds is 54. The van der Waals surface area contributed by atoms with E-state index in [1.54, 1.807) is 0 Å². The Morgan fingerprint density at radius 1 is 0.353 bits per heavy atom. The molecule has 0 spiro atoms. The quantitative estimate of drug-likeness (QED) is 0.0374. The summed E-state index contributed by atoms with van der Waals surface area (Å²) >= 11 is 0. The lowest BCUT2D eigenvalue weighted by Gasteiger charge is -2.15.